The van der Waals surface area contributed by atoms with Gasteiger partial charge in [0.1, 0.15) is 0 Å². The zero-order valence-corrected chi connectivity index (χ0v) is 13.4. The highest BCUT2D eigenvalue weighted by molar-refractivity contribution is 4.73. The highest BCUT2D eigenvalue weighted by atomic mass is 16.7. The Morgan fingerprint density at radius 1 is 0.722 bits per heavy atom. The Morgan fingerprint density at radius 3 is 1.56 bits per heavy atom. The maximum absolute atomic E-state index is 6.18. The van der Waals surface area contributed by atoms with E-state index < -0.39 is 0 Å². The van der Waals surface area contributed by atoms with E-state index in [9.17, 15) is 0 Å². The van der Waals surface area contributed by atoms with Crippen LogP contribution in [0.25, 0.3) is 0 Å². The Hall–Kier alpha value is -0.0800. The molecule has 0 heterocycles. The summed E-state index contributed by atoms with van der Waals surface area (Å²) in [5.74, 6) is -0.354. The van der Waals surface area contributed by atoms with Gasteiger partial charge < -0.3 is 9.47 Å². The van der Waals surface area contributed by atoms with Crippen LogP contribution in [-0.2, 0) is 9.47 Å². The standard InChI is InChI=1S/C16H34O2/c1-7-9-11-13-16(12-10-8-2,17-14(3)4)18-15(5)6/h14-15H,7-13H2,1-6H3. The van der Waals surface area contributed by atoms with Gasteiger partial charge in [0.05, 0.1) is 12.2 Å². The molecule has 0 aliphatic carbocycles. The van der Waals surface area contributed by atoms with Crippen molar-refractivity contribution >= 4 is 0 Å². The van der Waals surface area contributed by atoms with Gasteiger partial charge in [0.15, 0.2) is 5.79 Å². The molecule has 2 heteroatoms. The minimum Gasteiger partial charge on any atom is -0.347 e. The van der Waals surface area contributed by atoms with Crippen LogP contribution in [0.5, 0.6) is 0 Å². The first kappa shape index (κ1) is 17.9. The normalized spacial score (nSPS) is 12.7. The molecule has 0 fully saturated rings. The zero-order valence-electron chi connectivity index (χ0n) is 13.4. The number of hydrogen-bond donors (Lipinski definition) is 0. The molecule has 2 nitrogen and oxygen atoms in total. The number of ether oxygens (including phenoxy) is 2. The number of unbranched alkanes of at least 4 members (excludes halogenated alkanes) is 3. The molecule has 0 saturated heterocycles. The molecule has 18 heavy (non-hydrogen) atoms. The van der Waals surface area contributed by atoms with Gasteiger partial charge in [-0.2, -0.15) is 0 Å². The van der Waals surface area contributed by atoms with E-state index in [2.05, 4.69) is 41.5 Å². The summed E-state index contributed by atoms with van der Waals surface area (Å²) in [6.45, 7) is 12.9. The van der Waals surface area contributed by atoms with Gasteiger partial charge in [-0.3, -0.25) is 0 Å². The van der Waals surface area contributed by atoms with Gasteiger partial charge in [0.25, 0.3) is 0 Å². The van der Waals surface area contributed by atoms with Crippen molar-refractivity contribution in [3.05, 3.63) is 0 Å². The van der Waals surface area contributed by atoms with Crippen molar-refractivity contribution in [3.8, 4) is 0 Å². The molecule has 0 aromatic rings. The van der Waals surface area contributed by atoms with Gasteiger partial charge in [-0.25, -0.2) is 0 Å². The maximum Gasteiger partial charge on any atom is 0.168 e. The van der Waals surface area contributed by atoms with E-state index >= 15 is 0 Å². The van der Waals surface area contributed by atoms with Gasteiger partial charge in [-0.15, -0.1) is 0 Å². The van der Waals surface area contributed by atoms with Gasteiger partial charge in [-0.1, -0.05) is 33.1 Å². The van der Waals surface area contributed by atoms with Crippen LogP contribution in [0.2, 0.25) is 0 Å². The molecule has 0 bridgehead atoms. The minimum atomic E-state index is -0.354. The monoisotopic (exact) mass is 258 g/mol. The lowest BCUT2D eigenvalue weighted by atomic mass is 10.0. The lowest BCUT2D eigenvalue weighted by molar-refractivity contribution is -0.276. The lowest BCUT2D eigenvalue weighted by Gasteiger charge is -2.37. The molecule has 0 aromatic carbocycles. The number of rotatable bonds is 11. The summed E-state index contributed by atoms with van der Waals surface area (Å²) in [6, 6.07) is 0. The highest BCUT2D eigenvalue weighted by Gasteiger charge is 2.33. The average molecular weight is 258 g/mol. The predicted octanol–water partition coefficient (Wildman–Crippen LogP) is 5.30. The van der Waals surface area contributed by atoms with Gasteiger partial charge in [0.2, 0.25) is 0 Å². The third kappa shape index (κ3) is 8.10. The molecule has 0 aromatic heterocycles. The first-order chi connectivity index (χ1) is 8.45. The molecule has 0 rings (SSSR count). The summed E-state index contributed by atoms with van der Waals surface area (Å²) >= 11 is 0. The Labute approximate surface area is 114 Å². The van der Waals surface area contributed by atoms with Crippen molar-refractivity contribution in [1.82, 2.24) is 0 Å². The summed E-state index contributed by atoms with van der Waals surface area (Å²) in [4.78, 5) is 0. The third-order valence-electron chi connectivity index (χ3n) is 2.97. The molecule has 0 radical (unpaired) electrons. The Morgan fingerprint density at radius 2 is 1.17 bits per heavy atom. The van der Waals surface area contributed by atoms with Crippen LogP contribution in [0, 0.1) is 0 Å². The molecule has 0 N–H and O–H groups in total. The molecule has 0 atom stereocenters. The van der Waals surface area contributed by atoms with Crippen molar-refractivity contribution < 1.29 is 9.47 Å². The van der Waals surface area contributed by atoms with Crippen molar-refractivity contribution in [3.63, 3.8) is 0 Å². The van der Waals surface area contributed by atoms with Crippen molar-refractivity contribution in [1.29, 1.82) is 0 Å². The van der Waals surface area contributed by atoms with E-state index in [0.717, 1.165) is 12.8 Å². The second kappa shape index (κ2) is 9.80. The molecule has 0 spiro atoms. The van der Waals surface area contributed by atoms with E-state index in [-0.39, 0.29) is 18.0 Å². The first-order valence-electron chi connectivity index (χ1n) is 7.81. The fraction of sp³-hybridized carbons (Fsp3) is 1.00. The Bertz CT molecular complexity index is 178. The summed E-state index contributed by atoms with van der Waals surface area (Å²) in [5, 5.41) is 0. The first-order valence-corrected chi connectivity index (χ1v) is 7.81. The SMILES string of the molecule is CCCCCC(CCCC)(OC(C)C)OC(C)C. The number of hydrogen-bond acceptors (Lipinski definition) is 2. The van der Waals surface area contributed by atoms with Crippen molar-refractivity contribution in [2.75, 3.05) is 0 Å². The second-order valence-electron chi connectivity index (χ2n) is 5.80. The molecule has 0 aliphatic rings. The Kier molecular flexibility index (Phi) is 9.76. The summed E-state index contributed by atoms with van der Waals surface area (Å²) in [6.07, 6.45) is 8.55. The molecular formula is C16H34O2. The van der Waals surface area contributed by atoms with E-state index in [1.54, 1.807) is 0 Å². The van der Waals surface area contributed by atoms with Crippen LogP contribution in [0.4, 0.5) is 0 Å². The van der Waals surface area contributed by atoms with Crippen LogP contribution in [0.3, 0.4) is 0 Å². The van der Waals surface area contributed by atoms with Crippen molar-refractivity contribution in [2.24, 2.45) is 0 Å². The van der Waals surface area contributed by atoms with Crippen LogP contribution < -0.4 is 0 Å². The molecule has 0 saturated carbocycles. The van der Waals surface area contributed by atoms with E-state index in [1.165, 1.54) is 32.1 Å². The fourth-order valence-corrected chi connectivity index (χ4v) is 2.34. The maximum atomic E-state index is 6.18. The zero-order chi connectivity index (χ0) is 14.0. The predicted molar refractivity (Wildman–Crippen MR) is 78.8 cm³/mol. The average Bonchev–Trinajstić information content (AvgIpc) is 2.25. The second-order valence-corrected chi connectivity index (χ2v) is 5.80. The van der Waals surface area contributed by atoms with Gasteiger partial charge >= 0.3 is 0 Å². The quantitative estimate of drug-likeness (QED) is 0.369. The van der Waals surface area contributed by atoms with Gasteiger partial charge in [-0.05, 0) is 40.5 Å². The molecule has 0 amide bonds. The summed E-state index contributed by atoms with van der Waals surface area (Å²) in [5.41, 5.74) is 0. The smallest absolute Gasteiger partial charge is 0.168 e. The minimum absolute atomic E-state index is 0.224. The largest absolute Gasteiger partial charge is 0.347 e. The third-order valence-corrected chi connectivity index (χ3v) is 2.97. The van der Waals surface area contributed by atoms with Crippen LogP contribution in [-0.4, -0.2) is 18.0 Å². The van der Waals surface area contributed by atoms with E-state index in [1.807, 2.05) is 0 Å². The topological polar surface area (TPSA) is 18.5 Å². The van der Waals surface area contributed by atoms with Crippen LogP contribution >= 0.6 is 0 Å². The lowest BCUT2D eigenvalue weighted by Crippen LogP contribution is -2.40. The van der Waals surface area contributed by atoms with Crippen molar-refractivity contribution in [2.45, 2.75) is 104 Å². The molecular weight excluding hydrogens is 224 g/mol. The van der Waals surface area contributed by atoms with E-state index in [0.29, 0.717) is 0 Å². The summed E-state index contributed by atoms with van der Waals surface area (Å²) < 4.78 is 12.4. The molecule has 0 unspecified atom stereocenters. The van der Waals surface area contributed by atoms with Crippen LogP contribution in [0.1, 0.15) is 86.5 Å². The van der Waals surface area contributed by atoms with Gasteiger partial charge in [0, 0.05) is 12.8 Å². The Balaban J connectivity index is 4.62. The molecule has 110 valence electrons. The summed E-state index contributed by atoms with van der Waals surface area (Å²) in [7, 11) is 0. The van der Waals surface area contributed by atoms with Crippen LogP contribution in [0.15, 0.2) is 0 Å². The molecule has 0 aliphatic heterocycles. The fourth-order valence-electron chi connectivity index (χ4n) is 2.34. The highest BCUT2D eigenvalue weighted by Crippen LogP contribution is 2.30. The van der Waals surface area contributed by atoms with E-state index in [4.69, 9.17) is 9.47 Å².